The van der Waals surface area contributed by atoms with E-state index in [2.05, 4.69) is 0 Å². The topological polar surface area (TPSA) is 87.0 Å². The molecule has 0 spiro atoms. The quantitative estimate of drug-likeness (QED) is 0.571. The highest BCUT2D eigenvalue weighted by Crippen LogP contribution is 2.42. The molecule has 1 unspecified atom stereocenters. The summed E-state index contributed by atoms with van der Waals surface area (Å²) in [5.41, 5.74) is 1.07. The van der Waals surface area contributed by atoms with Crippen LogP contribution in [0.3, 0.4) is 0 Å². The number of carboxylic acids is 1. The monoisotopic (exact) mass is 424 g/mol. The Bertz CT molecular complexity index is 779. The molecule has 0 bridgehead atoms. The lowest BCUT2D eigenvalue weighted by molar-refractivity contribution is -0.0931. The zero-order valence-electron chi connectivity index (χ0n) is 17.1. The average Bonchev–Trinajstić information content (AvgIpc) is 2.97. The van der Waals surface area contributed by atoms with Gasteiger partial charge in [0.25, 0.3) is 5.92 Å². The molecule has 5 atom stereocenters. The lowest BCUT2D eigenvalue weighted by Gasteiger charge is -2.28. The Hall–Kier alpha value is -1.99. The lowest BCUT2D eigenvalue weighted by atomic mass is 9.86. The number of benzene rings is 1. The number of unbranched alkanes of at least 4 members (excludes halogenated alkanes) is 1. The number of aliphatic hydroxyl groups excluding tert-OH is 2. The van der Waals surface area contributed by atoms with E-state index in [1.807, 2.05) is 6.92 Å². The third-order valence-electron chi connectivity index (χ3n) is 6.28. The molecule has 7 heteroatoms. The summed E-state index contributed by atoms with van der Waals surface area (Å²) in [4.78, 5) is 11.3. The Labute approximate surface area is 175 Å². The molecule has 166 valence electrons. The van der Waals surface area contributed by atoms with Crippen LogP contribution in [0.5, 0.6) is 5.75 Å². The summed E-state index contributed by atoms with van der Waals surface area (Å²) in [6.45, 7) is 1.82. The van der Waals surface area contributed by atoms with E-state index in [0.29, 0.717) is 31.4 Å². The van der Waals surface area contributed by atoms with Gasteiger partial charge in [-0.1, -0.05) is 31.6 Å². The molecule has 1 fully saturated rings. The normalized spacial score (nSPS) is 27.6. The molecule has 1 aromatic rings. The maximum Gasteiger partial charge on any atom is 0.335 e. The second-order valence-corrected chi connectivity index (χ2v) is 8.41. The van der Waals surface area contributed by atoms with Crippen LogP contribution in [-0.4, -0.2) is 45.5 Å². The van der Waals surface area contributed by atoms with Crippen LogP contribution in [0.2, 0.25) is 0 Å². The van der Waals surface area contributed by atoms with E-state index >= 15 is 0 Å². The second-order valence-electron chi connectivity index (χ2n) is 8.41. The van der Waals surface area contributed by atoms with Crippen LogP contribution in [0.25, 0.3) is 0 Å². The van der Waals surface area contributed by atoms with Gasteiger partial charge in [-0.2, -0.15) is 0 Å². The number of halogens is 2. The van der Waals surface area contributed by atoms with Crippen molar-refractivity contribution in [2.45, 2.75) is 76.1 Å². The molecule has 3 N–H and O–H groups in total. The van der Waals surface area contributed by atoms with Gasteiger partial charge in [-0.05, 0) is 43.4 Å². The molecule has 30 heavy (non-hydrogen) atoms. The standard InChI is InChI=1S/C23H30F2O5/c1-2-3-11-23(24,25)21(27)10-9-16-17-6-4-5-14-7-8-15(22(28)29)12-19(14)30-20(17)13-18(16)26/h7-10,12,16-18,20-21,26-27H,2-6,11,13H2,1H3,(H,28,29)/b10-9+/t16-,17-,18-,20+,21?/m1/s1. The number of carbonyl (C=O) groups is 1. The smallest absolute Gasteiger partial charge is 0.335 e. The van der Waals surface area contributed by atoms with Gasteiger partial charge in [0, 0.05) is 24.7 Å². The van der Waals surface area contributed by atoms with Crippen LogP contribution in [0.1, 0.15) is 61.4 Å². The fraction of sp³-hybridized carbons (Fsp3) is 0.609. The highest BCUT2D eigenvalue weighted by molar-refractivity contribution is 5.88. The summed E-state index contributed by atoms with van der Waals surface area (Å²) >= 11 is 0. The van der Waals surface area contributed by atoms with Gasteiger partial charge in [-0.3, -0.25) is 0 Å². The van der Waals surface area contributed by atoms with Gasteiger partial charge in [-0.15, -0.1) is 0 Å². The molecule has 0 saturated heterocycles. The number of alkyl halides is 2. The van der Waals surface area contributed by atoms with E-state index in [1.54, 1.807) is 12.1 Å². The van der Waals surface area contributed by atoms with Crippen LogP contribution >= 0.6 is 0 Å². The molecule has 3 rings (SSSR count). The van der Waals surface area contributed by atoms with Gasteiger partial charge >= 0.3 is 5.97 Å². The van der Waals surface area contributed by atoms with Gasteiger partial charge in [0.15, 0.2) is 0 Å². The van der Waals surface area contributed by atoms with Crippen molar-refractivity contribution >= 4 is 5.97 Å². The lowest BCUT2D eigenvalue weighted by Crippen LogP contribution is -2.32. The van der Waals surface area contributed by atoms with Gasteiger partial charge < -0.3 is 20.1 Å². The highest BCUT2D eigenvalue weighted by atomic mass is 19.3. The third kappa shape index (κ3) is 5.01. The fourth-order valence-corrected chi connectivity index (χ4v) is 4.52. The Kier molecular flexibility index (Phi) is 7.14. The Balaban J connectivity index is 1.75. The number of rotatable bonds is 7. The Morgan fingerprint density at radius 3 is 2.87 bits per heavy atom. The van der Waals surface area contributed by atoms with Crippen molar-refractivity contribution in [3.63, 3.8) is 0 Å². The molecular weight excluding hydrogens is 394 g/mol. The van der Waals surface area contributed by atoms with E-state index in [1.165, 1.54) is 12.1 Å². The summed E-state index contributed by atoms with van der Waals surface area (Å²) < 4.78 is 34.2. The largest absolute Gasteiger partial charge is 0.490 e. The zero-order chi connectivity index (χ0) is 21.9. The Morgan fingerprint density at radius 2 is 2.17 bits per heavy atom. The molecule has 5 nitrogen and oxygen atoms in total. The van der Waals surface area contributed by atoms with Crippen molar-refractivity contribution < 1.29 is 33.6 Å². The highest BCUT2D eigenvalue weighted by Gasteiger charge is 2.44. The summed E-state index contributed by atoms with van der Waals surface area (Å²) in [5.74, 6) is -4.21. The molecule has 1 aromatic carbocycles. The van der Waals surface area contributed by atoms with E-state index < -0.39 is 30.0 Å². The van der Waals surface area contributed by atoms with Crippen LogP contribution in [0, 0.1) is 11.8 Å². The van der Waals surface area contributed by atoms with Gasteiger partial charge in [0.2, 0.25) is 0 Å². The number of aryl methyl sites for hydroxylation is 1. The molecule has 1 aliphatic heterocycles. The van der Waals surface area contributed by atoms with Crippen LogP contribution in [0.4, 0.5) is 8.78 Å². The second kappa shape index (κ2) is 9.43. The zero-order valence-corrected chi connectivity index (χ0v) is 17.1. The summed E-state index contributed by atoms with van der Waals surface area (Å²) in [7, 11) is 0. The van der Waals surface area contributed by atoms with E-state index in [0.717, 1.165) is 24.5 Å². The molecule has 2 aliphatic rings. The molecule has 1 heterocycles. The molecule has 0 radical (unpaired) electrons. The minimum atomic E-state index is -3.20. The fourth-order valence-electron chi connectivity index (χ4n) is 4.52. The number of aliphatic hydroxyl groups is 2. The SMILES string of the molecule is CCCCC(F)(F)C(O)/C=C/[C@@H]1[C@H]2CCCc3ccc(C(=O)O)cc3O[C@H]2C[C@H]1O. The van der Waals surface area contributed by atoms with Gasteiger partial charge in [0.1, 0.15) is 18.0 Å². The number of carboxylic acid groups (broad SMARTS) is 1. The van der Waals surface area contributed by atoms with Crippen molar-refractivity contribution in [1.29, 1.82) is 0 Å². The van der Waals surface area contributed by atoms with Gasteiger partial charge in [0.05, 0.1) is 11.7 Å². The number of fused-ring (bicyclic) bond motifs is 2. The number of hydrogen-bond acceptors (Lipinski definition) is 4. The van der Waals surface area contributed by atoms with E-state index in [4.69, 9.17) is 4.74 Å². The molecule has 0 aromatic heterocycles. The first-order chi connectivity index (χ1) is 14.2. The van der Waals surface area contributed by atoms with Crippen molar-refractivity contribution in [1.82, 2.24) is 0 Å². The summed E-state index contributed by atoms with van der Waals surface area (Å²) in [6, 6.07) is 4.82. The van der Waals surface area contributed by atoms with E-state index in [-0.39, 0.29) is 24.0 Å². The van der Waals surface area contributed by atoms with Crippen molar-refractivity contribution in [3.05, 3.63) is 41.5 Å². The Morgan fingerprint density at radius 1 is 1.40 bits per heavy atom. The van der Waals surface area contributed by atoms with Crippen molar-refractivity contribution in [3.8, 4) is 5.75 Å². The average molecular weight is 424 g/mol. The van der Waals surface area contributed by atoms with Crippen molar-refractivity contribution in [2.24, 2.45) is 11.8 Å². The summed E-state index contributed by atoms with van der Waals surface area (Å²) in [6.07, 6.45) is 2.83. The summed E-state index contributed by atoms with van der Waals surface area (Å²) in [5, 5.41) is 29.7. The van der Waals surface area contributed by atoms with Crippen LogP contribution < -0.4 is 4.74 Å². The first-order valence-corrected chi connectivity index (χ1v) is 10.7. The third-order valence-corrected chi connectivity index (χ3v) is 6.28. The van der Waals surface area contributed by atoms with Crippen LogP contribution in [0.15, 0.2) is 30.4 Å². The van der Waals surface area contributed by atoms with Gasteiger partial charge in [-0.25, -0.2) is 13.6 Å². The molecule has 1 saturated carbocycles. The molecule has 1 aliphatic carbocycles. The first-order valence-electron chi connectivity index (χ1n) is 10.7. The predicted molar refractivity (Wildman–Crippen MR) is 108 cm³/mol. The minimum Gasteiger partial charge on any atom is -0.490 e. The van der Waals surface area contributed by atoms with Crippen molar-refractivity contribution in [2.75, 3.05) is 0 Å². The number of aromatic carboxylic acids is 1. The minimum absolute atomic E-state index is 0.0886. The van der Waals surface area contributed by atoms with Crippen LogP contribution in [-0.2, 0) is 6.42 Å². The number of hydrogen-bond donors (Lipinski definition) is 3. The van der Waals surface area contributed by atoms with E-state index in [9.17, 15) is 28.9 Å². The predicted octanol–water partition coefficient (Wildman–Crippen LogP) is 4.21. The maximum absolute atomic E-state index is 14.1. The molecular formula is C23H30F2O5. The number of ether oxygens (including phenoxy) is 1. The maximum atomic E-state index is 14.1. The molecule has 0 amide bonds. The first kappa shape index (κ1) is 22.7.